The molecule has 15 heavy (non-hydrogen) atoms. The Morgan fingerprint density at radius 1 is 1.47 bits per heavy atom. The molecule has 86 valence electrons. The van der Waals surface area contributed by atoms with Crippen molar-refractivity contribution in [3.63, 3.8) is 0 Å². The monoisotopic (exact) mass is 212 g/mol. The standard InChI is InChI=1S/C12H20O3/c1-8(2)9-3-4-10-12(7-9,11(13)14)5-6-15-10/h8-10H,3-7H2,1-2H3,(H,13,14)/t9-,10+,12-/m1/s1. The van der Waals surface area contributed by atoms with Gasteiger partial charge in [-0.05, 0) is 37.5 Å². The number of ether oxygens (including phenoxy) is 1. The average Bonchev–Trinajstić information content (AvgIpc) is 2.60. The summed E-state index contributed by atoms with van der Waals surface area (Å²) in [6.45, 7) is 5.01. The van der Waals surface area contributed by atoms with Gasteiger partial charge in [-0.25, -0.2) is 0 Å². The van der Waals surface area contributed by atoms with Crippen molar-refractivity contribution in [3.8, 4) is 0 Å². The Morgan fingerprint density at radius 2 is 2.20 bits per heavy atom. The number of hydrogen-bond donors (Lipinski definition) is 1. The SMILES string of the molecule is CC(C)[C@@H]1CC[C@@H]2OCC[C@@]2(C(=O)O)C1. The second kappa shape index (κ2) is 3.78. The van der Waals surface area contributed by atoms with Gasteiger partial charge in [0.2, 0.25) is 0 Å². The van der Waals surface area contributed by atoms with E-state index in [9.17, 15) is 9.90 Å². The van der Waals surface area contributed by atoms with Crippen molar-refractivity contribution in [1.29, 1.82) is 0 Å². The highest BCUT2D eigenvalue weighted by molar-refractivity contribution is 5.76. The summed E-state index contributed by atoms with van der Waals surface area (Å²) in [4.78, 5) is 11.4. The van der Waals surface area contributed by atoms with Gasteiger partial charge in [-0.3, -0.25) is 4.79 Å². The lowest BCUT2D eigenvalue weighted by molar-refractivity contribution is -0.157. The molecule has 1 N–H and O–H groups in total. The molecule has 2 rings (SSSR count). The lowest BCUT2D eigenvalue weighted by Crippen LogP contribution is -2.44. The third-order valence-electron chi connectivity index (χ3n) is 4.28. The first-order valence-corrected chi connectivity index (χ1v) is 5.91. The highest BCUT2D eigenvalue weighted by Crippen LogP contribution is 2.49. The molecule has 0 aromatic rings. The van der Waals surface area contributed by atoms with E-state index >= 15 is 0 Å². The molecule has 1 saturated carbocycles. The van der Waals surface area contributed by atoms with Crippen LogP contribution in [0, 0.1) is 17.3 Å². The Labute approximate surface area is 90.8 Å². The van der Waals surface area contributed by atoms with Crippen molar-refractivity contribution in [1.82, 2.24) is 0 Å². The van der Waals surface area contributed by atoms with E-state index in [-0.39, 0.29) is 6.10 Å². The molecular weight excluding hydrogens is 192 g/mol. The number of aliphatic carboxylic acids is 1. The van der Waals surface area contributed by atoms with Crippen LogP contribution in [-0.2, 0) is 9.53 Å². The van der Waals surface area contributed by atoms with Gasteiger partial charge in [0.1, 0.15) is 0 Å². The van der Waals surface area contributed by atoms with Crippen LogP contribution in [0.4, 0.5) is 0 Å². The third kappa shape index (κ3) is 1.67. The van der Waals surface area contributed by atoms with Gasteiger partial charge in [0.15, 0.2) is 0 Å². The predicted octanol–water partition coefficient (Wildman–Crippen LogP) is 2.30. The lowest BCUT2D eigenvalue weighted by atomic mass is 9.65. The first-order chi connectivity index (χ1) is 7.06. The number of rotatable bonds is 2. The molecule has 0 spiro atoms. The molecule has 1 aliphatic carbocycles. The maximum Gasteiger partial charge on any atom is 0.312 e. The van der Waals surface area contributed by atoms with Crippen LogP contribution in [0.2, 0.25) is 0 Å². The smallest absolute Gasteiger partial charge is 0.312 e. The maximum atomic E-state index is 11.4. The quantitative estimate of drug-likeness (QED) is 0.764. The van der Waals surface area contributed by atoms with Gasteiger partial charge in [-0.2, -0.15) is 0 Å². The van der Waals surface area contributed by atoms with Gasteiger partial charge < -0.3 is 9.84 Å². The second-order valence-corrected chi connectivity index (χ2v) is 5.36. The first-order valence-electron chi connectivity index (χ1n) is 5.91. The highest BCUT2D eigenvalue weighted by Gasteiger charge is 2.53. The average molecular weight is 212 g/mol. The van der Waals surface area contributed by atoms with Crippen LogP contribution >= 0.6 is 0 Å². The number of carboxylic acid groups (broad SMARTS) is 1. The number of hydrogen-bond acceptors (Lipinski definition) is 2. The van der Waals surface area contributed by atoms with Crippen molar-refractivity contribution in [3.05, 3.63) is 0 Å². The van der Waals surface area contributed by atoms with Crippen molar-refractivity contribution < 1.29 is 14.6 Å². The Bertz CT molecular complexity index is 262. The zero-order chi connectivity index (χ0) is 11.1. The maximum absolute atomic E-state index is 11.4. The van der Waals surface area contributed by atoms with Gasteiger partial charge in [0, 0.05) is 6.61 Å². The minimum atomic E-state index is -0.643. The van der Waals surface area contributed by atoms with E-state index in [2.05, 4.69) is 13.8 Å². The summed E-state index contributed by atoms with van der Waals surface area (Å²) < 4.78 is 5.57. The molecular formula is C12H20O3. The molecule has 0 aromatic heterocycles. The van der Waals surface area contributed by atoms with Crippen LogP contribution < -0.4 is 0 Å². The Hall–Kier alpha value is -0.570. The van der Waals surface area contributed by atoms with Gasteiger partial charge in [0.25, 0.3) is 0 Å². The van der Waals surface area contributed by atoms with E-state index in [0.29, 0.717) is 24.9 Å². The molecule has 3 heteroatoms. The minimum absolute atomic E-state index is 0.0231. The molecule has 1 heterocycles. The van der Waals surface area contributed by atoms with E-state index in [1.807, 2.05) is 0 Å². The zero-order valence-corrected chi connectivity index (χ0v) is 9.53. The first kappa shape index (κ1) is 10.9. The Kier molecular flexibility index (Phi) is 2.75. The molecule has 0 bridgehead atoms. The molecule has 2 aliphatic rings. The molecule has 1 saturated heterocycles. The summed E-state index contributed by atoms with van der Waals surface area (Å²) in [5.74, 6) is 0.497. The Balaban J connectivity index is 2.19. The predicted molar refractivity (Wildman–Crippen MR) is 56.6 cm³/mol. The summed E-state index contributed by atoms with van der Waals surface area (Å²) in [6.07, 6.45) is 3.54. The number of carbonyl (C=O) groups is 1. The molecule has 3 nitrogen and oxygen atoms in total. The summed E-state index contributed by atoms with van der Waals surface area (Å²) in [5, 5.41) is 9.42. The van der Waals surface area contributed by atoms with E-state index in [4.69, 9.17) is 4.74 Å². The van der Waals surface area contributed by atoms with Gasteiger partial charge >= 0.3 is 5.97 Å². The molecule has 1 aliphatic heterocycles. The highest BCUT2D eigenvalue weighted by atomic mass is 16.5. The van der Waals surface area contributed by atoms with E-state index < -0.39 is 11.4 Å². The van der Waals surface area contributed by atoms with Gasteiger partial charge in [-0.1, -0.05) is 13.8 Å². The van der Waals surface area contributed by atoms with E-state index in [0.717, 1.165) is 19.3 Å². The normalized spacial score (nSPS) is 40.5. The second-order valence-electron chi connectivity index (χ2n) is 5.36. The largest absolute Gasteiger partial charge is 0.481 e. The summed E-state index contributed by atoms with van der Waals surface area (Å²) in [5.41, 5.74) is -0.562. The third-order valence-corrected chi connectivity index (χ3v) is 4.28. The fourth-order valence-corrected chi connectivity index (χ4v) is 3.13. The van der Waals surface area contributed by atoms with Crippen LogP contribution in [0.3, 0.4) is 0 Å². The van der Waals surface area contributed by atoms with Crippen molar-refractivity contribution in [2.24, 2.45) is 17.3 Å². The molecule has 3 atom stereocenters. The summed E-state index contributed by atoms with van der Waals surface area (Å²) >= 11 is 0. The van der Waals surface area contributed by atoms with Crippen molar-refractivity contribution in [2.45, 2.75) is 45.6 Å². The minimum Gasteiger partial charge on any atom is -0.481 e. The number of carboxylic acids is 1. The summed E-state index contributed by atoms with van der Waals surface area (Å²) in [7, 11) is 0. The lowest BCUT2D eigenvalue weighted by Gasteiger charge is -2.40. The van der Waals surface area contributed by atoms with Gasteiger partial charge in [-0.15, -0.1) is 0 Å². The van der Waals surface area contributed by atoms with Crippen LogP contribution in [0.5, 0.6) is 0 Å². The van der Waals surface area contributed by atoms with Crippen LogP contribution in [0.25, 0.3) is 0 Å². The Morgan fingerprint density at radius 3 is 2.80 bits per heavy atom. The van der Waals surface area contributed by atoms with Crippen molar-refractivity contribution >= 4 is 5.97 Å². The van der Waals surface area contributed by atoms with Gasteiger partial charge in [0.05, 0.1) is 11.5 Å². The fourth-order valence-electron chi connectivity index (χ4n) is 3.13. The van der Waals surface area contributed by atoms with E-state index in [1.165, 1.54) is 0 Å². The summed E-state index contributed by atoms with van der Waals surface area (Å²) in [6, 6.07) is 0. The fraction of sp³-hybridized carbons (Fsp3) is 0.917. The molecule has 0 amide bonds. The zero-order valence-electron chi connectivity index (χ0n) is 9.53. The molecule has 0 radical (unpaired) electrons. The van der Waals surface area contributed by atoms with Crippen molar-refractivity contribution in [2.75, 3.05) is 6.61 Å². The molecule has 0 unspecified atom stereocenters. The topological polar surface area (TPSA) is 46.5 Å². The van der Waals surface area contributed by atoms with Crippen LogP contribution in [0.15, 0.2) is 0 Å². The van der Waals surface area contributed by atoms with E-state index in [1.54, 1.807) is 0 Å². The molecule has 0 aromatic carbocycles. The number of fused-ring (bicyclic) bond motifs is 1. The molecule has 2 fully saturated rings. The van der Waals surface area contributed by atoms with Crippen LogP contribution in [0.1, 0.15) is 39.5 Å². The van der Waals surface area contributed by atoms with Crippen LogP contribution in [-0.4, -0.2) is 23.8 Å².